The first-order valence-electron chi connectivity index (χ1n) is 10.1. The maximum atomic E-state index is 13.2. The van der Waals surface area contributed by atoms with Gasteiger partial charge in [-0.3, -0.25) is 0 Å². The van der Waals surface area contributed by atoms with Crippen molar-refractivity contribution >= 4 is 10.2 Å². The Morgan fingerprint density at radius 2 is 1.81 bits per heavy atom. The van der Waals surface area contributed by atoms with Crippen LogP contribution in [-0.2, 0) is 21.4 Å². The van der Waals surface area contributed by atoms with Gasteiger partial charge in [0, 0.05) is 44.7 Å². The fraction of sp³-hybridized carbons (Fsp3) is 0.700. The molecule has 1 aromatic carbocycles. The van der Waals surface area contributed by atoms with Gasteiger partial charge in [-0.05, 0) is 30.9 Å². The van der Waals surface area contributed by atoms with Crippen molar-refractivity contribution < 1.29 is 13.2 Å². The Morgan fingerprint density at radius 1 is 1.07 bits per heavy atom. The molecule has 6 nitrogen and oxygen atoms in total. The third kappa shape index (κ3) is 3.80. The molecular formula is C20H31N3O3S. The molecule has 0 saturated carbocycles. The molecule has 0 N–H and O–H groups in total. The minimum absolute atomic E-state index is 0.0746. The molecule has 1 aromatic rings. The van der Waals surface area contributed by atoms with Crippen LogP contribution in [0.5, 0.6) is 0 Å². The molecular weight excluding hydrogens is 362 g/mol. The molecule has 0 bridgehead atoms. The van der Waals surface area contributed by atoms with Crippen LogP contribution in [0.25, 0.3) is 0 Å². The number of likely N-dealkylation sites (tertiary alicyclic amines) is 1. The van der Waals surface area contributed by atoms with Crippen LogP contribution in [0.1, 0.15) is 18.9 Å². The van der Waals surface area contributed by atoms with E-state index in [1.807, 2.05) is 6.07 Å². The molecule has 0 spiro atoms. The van der Waals surface area contributed by atoms with Crippen molar-refractivity contribution in [1.29, 1.82) is 0 Å². The van der Waals surface area contributed by atoms with E-state index in [2.05, 4.69) is 36.1 Å². The molecule has 2 atom stereocenters. The Hall–Kier alpha value is -0.990. The quantitative estimate of drug-likeness (QED) is 0.734. The Bertz CT molecular complexity index is 736. The smallest absolute Gasteiger partial charge is 0.282 e. The van der Waals surface area contributed by atoms with Crippen molar-refractivity contribution in [1.82, 2.24) is 13.5 Å². The SMILES string of the molecule is CCN1C[C@H]2CN(S(=O)(=O)N3CCOCC3)C[C@@]2(CCc2ccccc2)C1. The van der Waals surface area contributed by atoms with E-state index in [0.29, 0.717) is 45.3 Å². The van der Waals surface area contributed by atoms with Gasteiger partial charge in [-0.15, -0.1) is 0 Å². The summed E-state index contributed by atoms with van der Waals surface area (Å²) >= 11 is 0. The first-order valence-corrected chi connectivity index (χ1v) is 11.5. The van der Waals surface area contributed by atoms with Crippen LogP contribution in [0, 0.1) is 11.3 Å². The summed E-state index contributed by atoms with van der Waals surface area (Å²) in [6.07, 6.45) is 2.06. The van der Waals surface area contributed by atoms with Gasteiger partial charge in [0.1, 0.15) is 0 Å². The Kier molecular flexibility index (Phi) is 5.58. The first kappa shape index (κ1) is 19.3. The maximum Gasteiger partial charge on any atom is 0.282 e. The summed E-state index contributed by atoms with van der Waals surface area (Å²) in [5, 5.41) is 0. The number of morpholine rings is 1. The van der Waals surface area contributed by atoms with Gasteiger partial charge >= 0.3 is 0 Å². The van der Waals surface area contributed by atoms with Gasteiger partial charge in [-0.25, -0.2) is 0 Å². The molecule has 3 saturated heterocycles. The molecule has 3 aliphatic rings. The average molecular weight is 394 g/mol. The van der Waals surface area contributed by atoms with E-state index in [4.69, 9.17) is 4.74 Å². The van der Waals surface area contributed by atoms with Gasteiger partial charge in [0.15, 0.2) is 0 Å². The van der Waals surface area contributed by atoms with Crippen molar-refractivity contribution in [3.63, 3.8) is 0 Å². The van der Waals surface area contributed by atoms with Gasteiger partial charge < -0.3 is 9.64 Å². The number of rotatable bonds is 6. The number of benzene rings is 1. The van der Waals surface area contributed by atoms with E-state index < -0.39 is 10.2 Å². The van der Waals surface area contributed by atoms with Crippen molar-refractivity contribution in [2.75, 3.05) is 59.0 Å². The summed E-state index contributed by atoms with van der Waals surface area (Å²) in [7, 11) is -3.38. The van der Waals surface area contributed by atoms with E-state index in [9.17, 15) is 8.42 Å². The monoisotopic (exact) mass is 393 g/mol. The zero-order valence-corrected chi connectivity index (χ0v) is 17.0. The number of hydrogen-bond donors (Lipinski definition) is 0. The standard InChI is InChI=1S/C20H31N3O3S/c1-2-21-14-19-15-23(27(24,25)22-10-12-26-13-11-22)17-20(19,16-21)9-8-18-6-4-3-5-7-18/h3-7,19H,2,8-17H2,1H3/t19-,20+/m0/s1. The predicted molar refractivity (Wildman–Crippen MR) is 106 cm³/mol. The van der Waals surface area contributed by atoms with Crippen molar-refractivity contribution in [2.45, 2.75) is 19.8 Å². The Morgan fingerprint density at radius 3 is 2.52 bits per heavy atom. The molecule has 150 valence electrons. The van der Waals surface area contributed by atoms with Crippen molar-refractivity contribution in [3.05, 3.63) is 35.9 Å². The largest absolute Gasteiger partial charge is 0.379 e. The lowest BCUT2D eigenvalue weighted by Gasteiger charge is -2.33. The minimum atomic E-state index is -3.38. The fourth-order valence-electron chi connectivity index (χ4n) is 4.99. The van der Waals surface area contributed by atoms with E-state index >= 15 is 0 Å². The van der Waals surface area contributed by atoms with E-state index in [0.717, 1.165) is 32.5 Å². The van der Waals surface area contributed by atoms with Gasteiger partial charge in [0.25, 0.3) is 10.2 Å². The zero-order valence-electron chi connectivity index (χ0n) is 16.2. The van der Waals surface area contributed by atoms with E-state index in [1.54, 1.807) is 8.61 Å². The summed E-state index contributed by atoms with van der Waals surface area (Å²) in [6, 6.07) is 10.6. The molecule has 0 unspecified atom stereocenters. The highest BCUT2D eigenvalue weighted by molar-refractivity contribution is 7.86. The molecule has 4 rings (SSSR count). The highest BCUT2D eigenvalue weighted by Crippen LogP contribution is 2.46. The summed E-state index contributed by atoms with van der Waals surface area (Å²) in [5.74, 6) is 0.428. The molecule has 0 aliphatic carbocycles. The van der Waals surface area contributed by atoms with E-state index in [-0.39, 0.29) is 5.41 Å². The average Bonchev–Trinajstić information content (AvgIpc) is 3.22. The minimum Gasteiger partial charge on any atom is -0.379 e. The third-order valence-electron chi connectivity index (χ3n) is 6.62. The first-order chi connectivity index (χ1) is 13.0. The van der Waals surface area contributed by atoms with Crippen molar-refractivity contribution in [3.8, 4) is 0 Å². The van der Waals surface area contributed by atoms with Crippen LogP contribution in [0.4, 0.5) is 0 Å². The van der Waals surface area contributed by atoms with Gasteiger partial charge in [0.2, 0.25) is 0 Å². The molecule has 0 aromatic heterocycles. The number of fused-ring (bicyclic) bond motifs is 1. The van der Waals surface area contributed by atoms with Crippen LogP contribution in [0.15, 0.2) is 30.3 Å². The number of nitrogens with zero attached hydrogens (tertiary/aromatic N) is 3. The maximum absolute atomic E-state index is 13.2. The fourth-order valence-corrected chi connectivity index (χ4v) is 6.72. The molecule has 0 amide bonds. The second kappa shape index (κ2) is 7.79. The molecule has 3 heterocycles. The van der Waals surface area contributed by atoms with Crippen LogP contribution >= 0.6 is 0 Å². The number of aryl methyl sites for hydroxylation is 1. The molecule has 7 heteroatoms. The Labute approximate surface area is 163 Å². The Balaban J connectivity index is 1.51. The lowest BCUT2D eigenvalue weighted by atomic mass is 9.76. The number of ether oxygens (including phenoxy) is 1. The summed E-state index contributed by atoms with van der Waals surface area (Å²) in [4.78, 5) is 2.49. The molecule has 0 radical (unpaired) electrons. The normalized spacial score (nSPS) is 30.6. The van der Waals surface area contributed by atoms with Crippen LogP contribution in [0.2, 0.25) is 0 Å². The second-order valence-electron chi connectivity index (χ2n) is 8.18. The molecule has 3 fully saturated rings. The zero-order chi connectivity index (χ0) is 18.9. The van der Waals surface area contributed by atoms with Crippen LogP contribution < -0.4 is 0 Å². The van der Waals surface area contributed by atoms with Crippen molar-refractivity contribution in [2.24, 2.45) is 11.3 Å². The predicted octanol–water partition coefficient (Wildman–Crippen LogP) is 1.45. The third-order valence-corrected chi connectivity index (χ3v) is 8.57. The van der Waals surface area contributed by atoms with Crippen LogP contribution in [0.3, 0.4) is 0 Å². The lowest BCUT2D eigenvalue weighted by molar-refractivity contribution is 0.0702. The highest BCUT2D eigenvalue weighted by atomic mass is 32.2. The molecule has 27 heavy (non-hydrogen) atoms. The number of hydrogen-bond acceptors (Lipinski definition) is 4. The molecule has 3 aliphatic heterocycles. The van der Waals surface area contributed by atoms with Crippen LogP contribution in [-0.4, -0.2) is 81.0 Å². The van der Waals surface area contributed by atoms with Gasteiger partial charge in [0.05, 0.1) is 13.2 Å². The summed E-state index contributed by atoms with van der Waals surface area (Å²) in [6.45, 7) is 8.53. The summed E-state index contributed by atoms with van der Waals surface area (Å²) < 4.78 is 35.1. The highest BCUT2D eigenvalue weighted by Gasteiger charge is 2.54. The van der Waals surface area contributed by atoms with Gasteiger partial charge in [-0.2, -0.15) is 17.0 Å². The second-order valence-corrected chi connectivity index (χ2v) is 10.1. The topological polar surface area (TPSA) is 53.1 Å². The summed E-state index contributed by atoms with van der Waals surface area (Å²) in [5.41, 5.74) is 1.42. The lowest BCUT2D eigenvalue weighted by Crippen LogP contribution is -2.49. The van der Waals surface area contributed by atoms with E-state index in [1.165, 1.54) is 5.56 Å². The van der Waals surface area contributed by atoms with Gasteiger partial charge in [-0.1, -0.05) is 37.3 Å².